The van der Waals surface area contributed by atoms with E-state index in [0.717, 1.165) is 0 Å². The molecule has 2 aromatic carbocycles. The summed E-state index contributed by atoms with van der Waals surface area (Å²) in [5, 5.41) is 0. The Morgan fingerprint density at radius 2 is 1.59 bits per heavy atom. The van der Waals surface area contributed by atoms with Crippen molar-refractivity contribution in [3.63, 3.8) is 0 Å². The molecule has 0 aromatic heterocycles. The summed E-state index contributed by atoms with van der Waals surface area (Å²) in [5.74, 6) is 1.38. The molecule has 17 heavy (non-hydrogen) atoms. The Bertz CT molecular complexity index is 498. The van der Waals surface area contributed by atoms with Gasteiger partial charge >= 0.3 is 0 Å². The van der Waals surface area contributed by atoms with Gasteiger partial charge in [-0.05, 0) is 41.4 Å². The van der Waals surface area contributed by atoms with E-state index >= 15 is 0 Å². The molecule has 0 bridgehead atoms. The summed E-state index contributed by atoms with van der Waals surface area (Å²) in [6.07, 6.45) is 2.48. The van der Waals surface area contributed by atoms with E-state index in [2.05, 4.69) is 61.5 Å². The predicted molar refractivity (Wildman–Crippen MR) is 72.4 cm³/mol. The van der Waals surface area contributed by atoms with Gasteiger partial charge in [0.25, 0.3) is 0 Å². The molecule has 0 nitrogen and oxygen atoms in total. The van der Waals surface area contributed by atoms with Gasteiger partial charge in [-0.1, -0.05) is 61.5 Å². The zero-order valence-electron chi connectivity index (χ0n) is 10.3. The van der Waals surface area contributed by atoms with Crippen LogP contribution >= 0.6 is 0 Å². The first-order chi connectivity index (χ1) is 8.34. The highest BCUT2D eigenvalue weighted by Gasteiger charge is 2.24. The lowest BCUT2D eigenvalue weighted by Crippen LogP contribution is -2.15. The Morgan fingerprint density at radius 1 is 0.882 bits per heavy atom. The monoisotopic (exact) mass is 222 g/mol. The van der Waals surface area contributed by atoms with E-state index in [1.165, 1.54) is 18.4 Å². The lowest BCUT2D eigenvalue weighted by Gasteiger charge is -2.29. The van der Waals surface area contributed by atoms with E-state index in [-0.39, 0.29) is 0 Å². The van der Waals surface area contributed by atoms with Gasteiger partial charge in [-0.15, -0.1) is 0 Å². The van der Waals surface area contributed by atoms with E-state index in [1.54, 1.807) is 11.1 Å². The molecule has 2 aromatic rings. The summed E-state index contributed by atoms with van der Waals surface area (Å²) in [7, 11) is 0. The SMILES string of the molecule is CC1CC(c2ccccc2)Cc2ccccc21. The lowest BCUT2D eigenvalue weighted by atomic mass is 9.75. The maximum atomic E-state index is 2.36. The van der Waals surface area contributed by atoms with Gasteiger partial charge in [-0.3, -0.25) is 0 Å². The Kier molecular flexibility index (Phi) is 2.72. The molecule has 2 unspecified atom stereocenters. The molecule has 86 valence electrons. The Labute approximate surface area is 103 Å². The van der Waals surface area contributed by atoms with Crippen molar-refractivity contribution in [2.75, 3.05) is 0 Å². The van der Waals surface area contributed by atoms with Gasteiger partial charge in [0.2, 0.25) is 0 Å². The maximum Gasteiger partial charge on any atom is -0.0116 e. The minimum Gasteiger partial charge on any atom is -0.0622 e. The summed E-state index contributed by atoms with van der Waals surface area (Å²) in [6.45, 7) is 2.36. The first-order valence-corrected chi connectivity index (χ1v) is 6.47. The zero-order chi connectivity index (χ0) is 11.7. The van der Waals surface area contributed by atoms with Gasteiger partial charge in [-0.25, -0.2) is 0 Å². The third-order valence-electron chi connectivity index (χ3n) is 3.96. The second kappa shape index (κ2) is 4.37. The fourth-order valence-corrected chi connectivity index (χ4v) is 3.08. The van der Waals surface area contributed by atoms with Crippen molar-refractivity contribution in [1.29, 1.82) is 0 Å². The summed E-state index contributed by atoms with van der Waals surface area (Å²) < 4.78 is 0. The highest BCUT2D eigenvalue weighted by Crippen LogP contribution is 2.39. The highest BCUT2D eigenvalue weighted by atomic mass is 14.3. The molecule has 2 atom stereocenters. The second-order valence-electron chi connectivity index (χ2n) is 5.15. The molecule has 0 aliphatic heterocycles. The molecule has 0 amide bonds. The van der Waals surface area contributed by atoms with Crippen LogP contribution in [0.1, 0.15) is 41.9 Å². The van der Waals surface area contributed by atoms with E-state index in [1.807, 2.05) is 0 Å². The van der Waals surface area contributed by atoms with Gasteiger partial charge in [0.05, 0.1) is 0 Å². The standard InChI is InChI=1S/C17H18/c1-13-11-16(14-7-3-2-4-8-14)12-15-9-5-6-10-17(13)15/h2-10,13,16H,11-12H2,1H3. The quantitative estimate of drug-likeness (QED) is 0.665. The third kappa shape index (κ3) is 2.00. The first kappa shape index (κ1) is 10.6. The van der Waals surface area contributed by atoms with Crippen LogP contribution in [0.25, 0.3) is 0 Å². The van der Waals surface area contributed by atoms with Crippen molar-refractivity contribution in [3.05, 3.63) is 71.3 Å². The van der Waals surface area contributed by atoms with Crippen LogP contribution in [0.5, 0.6) is 0 Å². The summed E-state index contributed by atoms with van der Waals surface area (Å²) in [6, 6.07) is 19.9. The maximum absolute atomic E-state index is 2.36. The van der Waals surface area contributed by atoms with Crippen LogP contribution in [-0.2, 0) is 6.42 Å². The molecule has 0 N–H and O–H groups in total. The van der Waals surface area contributed by atoms with Crippen molar-refractivity contribution < 1.29 is 0 Å². The predicted octanol–water partition coefficient (Wildman–Crippen LogP) is 4.52. The largest absolute Gasteiger partial charge is 0.0622 e. The molecule has 0 saturated carbocycles. The lowest BCUT2D eigenvalue weighted by molar-refractivity contribution is 0.517. The van der Waals surface area contributed by atoms with Crippen LogP contribution in [0, 0.1) is 0 Å². The molecule has 1 aliphatic rings. The van der Waals surface area contributed by atoms with Gasteiger partial charge < -0.3 is 0 Å². The average Bonchev–Trinajstić information content (AvgIpc) is 2.40. The van der Waals surface area contributed by atoms with Crippen molar-refractivity contribution in [1.82, 2.24) is 0 Å². The molecule has 0 heteroatoms. The molecule has 0 saturated heterocycles. The van der Waals surface area contributed by atoms with Gasteiger partial charge in [0.1, 0.15) is 0 Å². The first-order valence-electron chi connectivity index (χ1n) is 6.47. The molecule has 0 spiro atoms. The van der Waals surface area contributed by atoms with Crippen LogP contribution in [0.3, 0.4) is 0 Å². The number of hydrogen-bond donors (Lipinski definition) is 0. The number of hydrogen-bond acceptors (Lipinski definition) is 0. The van der Waals surface area contributed by atoms with E-state index < -0.39 is 0 Å². The van der Waals surface area contributed by atoms with Crippen LogP contribution in [0.4, 0.5) is 0 Å². The number of fused-ring (bicyclic) bond motifs is 1. The van der Waals surface area contributed by atoms with Crippen LogP contribution < -0.4 is 0 Å². The zero-order valence-corrected chi connectivity index (χ0v) is 10.3. The Hall–Kier alpha value is -1.56. The van der Waals surface area contributed by atoms with Gasteiger partial charge in [0.15, 0.2) is 0 Å². The van der Waals surface area contributed by atoms with Crippen LogP contribution in [0.2, 0.25) is 0 Å². The summed E-state index contributed by atoms with van der Waals surface area (Å²) in [4.78, 5) is 0. The van der Waals surface area contributed by atoms with E-state index in [0.29, 0.717) is 11.8 Å². The molecule has 1 aliphatic carbocycles. The molecular weight excluding hydrogens is 204 g/mol. The smallest absolute Gasteiger partial charge is 0.0116 e. The minimum atomic E-state index is 0.685. The van der Waals surface area contributed by atoms with Gasteiger partial charge in [0, 0.05) is 0 Å². The molecule has 0 radical (unpaired) electrons. The fourth-order valence-electron chi connectivity index (χ4n) is 3.08. The number of rotatable bonds is 1. The topological polar surface area (TPSA) is 0 Å². The van der Waals surface area contributed by atoms with E-state index in [4.69, 9.17) is 0 Å². The second-order valence-corrected chi connectivity index (χ2v) is 5.15. The molecule has 3 rings (SSSR count). The Morgan fingerprint density at radius 3 is 2.41 bits per heavy atom. The molecule has 0 heterocycles. The molecular formula is C17H18. The highest BCUT2D eigenvalue weighted by molar-refractivity contribution is 5.36. The number of benzene rings is 2. The summed E-state index contributed by atoms with van der Waals surface area (Å²) >= 11 is 0. The van der Waals surface area contributed by atoms with Gasteiger partial charge in [-0.2, -0.15) is 0 Å². The average molecular weight is 222 g/mol. The normalized spacial score (nSPS) is 23.1. The van der Waals surface area contributed by atoms with Crippen molar-refractivity contribution in [2.24, 2.45) is 0 Å². The molecule has 0 fully saturated rings. The van der Waals surface area contributed by atoms with Crippen molar-refractivity contribution >= 4 is 0 Å². The Balaban J connectivity index is 1.94. The van der Waals surface area contributed by atoms with E-state index in [9.17, 15) is 0 Å². The minimum absolute atomic E-state index is 0.685. The third-order valence-corrected chi connectivity index (χ3v) is 3.96. The van der Waals surface area contributed by atoms with Crippen molar-refractivity contribution in [2.45, 2.75) is 31.6 Å². The van der Waals surface area contributed by atoms with Crippen molar-refractivity contribution in [3.8, 4) is 0 Å². The summed E-state index contributed by atoms with van der Waals surface area (Å²) in [5.41, 5.74) is 4.59. The fraction of sp³-hybridized carbons (Fsp3) is 0.294. The van der Waals surface area contributed by atoms with Crippen LogP contribution in [-0.4, -0.2) is 0 Å². The van der Waals surface area contributed by atoms with Crippen LogP contribution in [0.15, 0.2) is 54.6 Å².